The molecule has 0 bridgehead atoms. The summed E-state index contributed by atoms with van der Waals surface area (Å²) in [5.41, 5.74) is 0. The summed E-state index contributed by atoms with van der Waals surface area (Å²) < 4.78 is 0. The summed E-state index contributed by atoms with van der Waals surface area (Å²) in [4.78, 5) is 0. The third-order valence-electron chi connectivity index (χ3n) is 2.41. The van der Waals surface area contributed by atoms with Crippen LogP contribution in [-0.2, 0) is 0 Å². The zero-order valence-corrected chi connectivity index (χ0v) is 22.8. The molecule has 8 heteroatoms. The van der Waals surface area contributed by atoms with Crippen molar-refractivity contribution < 1.29 is 21.9 Å². The molecule has 4 N–H and O–H groups in total. The minimum absolute atomic E-state index is 0. The maximum absolute atomic E-state index is 2.22. The molecule has 160 valence electrons. The van der Waals surface area contributed by atoms with Gasteiger partial charge in [-0.1, -0.05) is 53.4 Å². The monoisotopic (exact) mass is 432 g/mol. The van der Waals surface area contributed by atoms with Crippen LogP contribution in [0.1, 0.15) is 79.1 Å². The Morgan fingerprint density at radius 1 is 0.375 bits per heavy atom. The standard InChI is InChI=1S/4C4H11P.4H2O/c4*1-2-3-4-5;;;;/h4*2-5H2,1H3;4*1H2. The summed E-state index contributed by atoms with van der Waals surface area (Å²) in [7, 11) is 8.20. The highest BCUT2D eigenvalue weighted by atomic mass is 31.0. The van der Waals surface area contributed by atoms with E-state index in [1.807, 2.05) is 37.0 Å². The third-order valence-corrected chi connectivity index (χ3v) is 4.41. The van der Waals surface area contributed by atoms with E-state index >= 15 is 0 Å². The van der Waals surface area contributed by atoms with Crippen molar-refractivity contribution in [2.45, 2.75) is 79.1 Å². The Hall–Kier alpha value is 1.56. The molecule has 4 atom stereocenters. The molecule has 0 amide bonds. The van der Waals surface area contributed by atoms with Gasteiger partial charge in [0.15, 0.2) is 0 Å². The number of hydrogen-bond donors (Lipinski definition) is 0. The molecule has 4 unspecified atom stereocenters. The molecule has 0 spiro atoms. The van der Waals surface area contributed by atoms with Crippen LogP contribution < -0.4 is 0 Å². The van der Waals surface area contributed by atoms with Gasteiger partial charge in [-0.25, -0.2) is 0 Å². The average molecular weight is 432 g/mol. The van der Waals surface area contributed by atoms with Crippen molar-refractivity contribution in [3.05, 3.63) is 0 Å². The van der Waals surface area contributed by atoms with Crippen molar-refractivity contribution in [3.63, 3.8) is 0 Å². The van der Waals surface area contributed by atoms with E-state index in [0.717, 1.165) is 0 Å². The molecule has 0 saturated heterocycles. The van der Waals surface area contributed by atoms with Crippen molar-refractivity contribution in [2.75, 3.05) is 24.6 Å². The van der Waals surface area contributed by atoms with E-state index in [1.165, 1.54) is 76.0 Å². The van der Waals surface area contributed by atoms with Crippen LogP contribution in [0, 0.1) is 0 Å². The van der Waals surface area contributed by atoms with Gasteiger partial charge in [0.25, 0.3) is 0 Å². The molecule has 0 radical (unpaired) electrons. The molecular formula is C16H52O4P4. The lowest BCUT2D eigenvalue weighted by atomic mass is 10.4. The first kappa shape index (κ1) is 50.0. The largest absolute Gasteiger partial charge is 0.870 e. The normalized spacial score (nSPS) is 7.50. The van der Waals surface area contributed by atoms with Gasteiger partial charge in [0, 0.05) is 0 Å². The first-order chi connectivity index (χ1) is 9.66. The molecule has 0 aromatic carbocycles. The third kappa shape index (κ3) is 131. The summed E-state index contributed by atoms with van der Waals surface area (Å²) in [6.45, 7) is 8.86. The van der Waals surface area contributed by atoms with E-state index in [4.69, 9.17) is 0 Å². The second-order valence-electron chi connectivity index (χ2n) is 4.83. The predicted octanol–water partition coefficient (Wildman–Crippen LogP) is 4.87. The van der Waals surface area contributed by atoms with E-state index in [-0.39, 0.29) is 21.9 Å². The van der Waals surface area contributed by atoms with Crippen LogP contribution in [0.3, 0.4) is 0 Å². The van der Waals surface area contributed by atoms with E-state index in [1.54, 1.807) is 0 Å². The second kappa shape index (κ2) is 74.1. The summed E-state index contributed by atoms with van der Waals surface area (Å²) in [5, 5.41) is 0. The SMILES string of the molecule is CCCC[PH3+].CCCC[PH3+].CCCC[PH3+].CCCC[PH3+].[OH-].[OH-].[OH-].[OH-]. The fourth-order valence-corrected chi connectivity index (χ4v) is 3.00. The fourth-order valence-electron chi connectivity index (χ4n) is 1.000. The molecule has 0 aliphatic heterocycles. The van der Waals surface area contributed by atoms with Gasteiger partial charge in [-0.15, -0.1) is 0 Å². The molecule has 0 heterocycles. The topological polar surface area (TPSA) is 120 Å². The van der Waals surface area contributed by atoms with Gasteiger partial charge < -0.3 is 21.9 Å². The molecule has 0 aliphatic rings. The van der Waals surface area contributed by atoms with Crippen LogP contribution in [0.2, 0.25) is 0 Å². The van der Waals surface area contributed by atoms with Crippen LogP contribution in [-0.4, -0.2) is 46.6 Å². The van der Waals surface area contributed by atoms with Gasteiger partial charge in [-0.2, -0.15) is 0 Å². The molecule has 0 aliphatic carbocycles. The Morgan fingerprint density at radius 2 is 0.500 bits per heavy atom. The quantitative estimate of drug-likeness (QED) is 0.508. The van der Waals surface area contributed by atoms with E-state index in [9.17, 15) is 0 Å². The van der Waals surface area contributed by atoms with Crippen molar-refractivity contribution in [3.8, 4) is 0 Å². The van der Waals surface area contributed by atoms with Gasteiger partial charge >= 0.3 is 0 Å². The molecule has 24 heavy (non-hydrogen) atoms. The highest BCUT2D eigenvalue weighted by Gasteiger charge is 1.74. The van der Waals surface area contributed by atoms with Crippen molar-refractivity contribution >= 4 is 37.0 Å². The van der Waals surface area contributed by atoms with E-state index in [0.29, 0.717) is 0 Å². The summed E-state index contributed by atoms with van der Waals surface area (Å²) in [6.07, 6.45) is 16.5. The zero-order chi connectivity index (χ0) is 16.5. The maximum atomic E-state index is 2.22. The molecule has 0 aromatic rings. The molecule has 0 saturated carbocycles. The Bertz CT molecular complexity index is 84.1. The Morgan fingerprint density at radius 3 is 0.500 bits per heavy atom. The number of rotatable bonds is 8. The van der Waals surface area contributed by atoms with Crippen LogP contribution in [0.5, 0.6) is 0 Å². The minimum atomic E-state index is 0. The van der Waals surface area contributed by atoms with Gasteiger partial charge in [0.2, 0.25) is 0 Å². The number of hydrogen-bond acceptors (Lipinski definition) is 4. The van der Waals surface area contributed by atoms with Gasteiger partial charge in [-0.3, -0.25) is 0 Å². The predicted molar refractivity (Wildman–Crippen MR) is 131 cm³/mol. The molecule has 0 rings (SSSR count). The van der Waals surface area contributed by atoms with Gasteiger partial charge in [0.1, 0.15) is 0 Å². The fraction of sp³-hybridized carbons (Fsp3) is 1.00. The minimum Gasteiger partial charge on any atom is -0.870 e. The van der Waals surface area contributed by atoms with E-state index < -0.39 is 0 Å². The maximum Gasteiger partial charge on any atom is 0.0526 e. The van der Waals surface area contributed by atoms with Crippen molar-refractivity contribution in [2.24, 2.45) is 0 Å². The summed E-state index contributed by atoms with van der Waals surface area (Å²) in [5.74, 6) is 0. The van der Waals surface area contributed by atoms with Crippen LogP contribution in [0.15, 0.2) is 0 Å². The summed E-state index contributed by atoms with van der Waals surface area (Å²) >= 11 is 0. The second-order valence-corrected chi connectivity index (χ2v) is 7.66. The van der Waals surface area contributed by atoms with Gasteiger partial charge in [-0.05, 0) is 62.6 Å². The average Bonchev–Trinajstić information content (AvgIpc) is 2.44. The molecule has 0 fully saturated rings. The highest BCUT2D eigenvalue weighted by molar-refractivity contribution is 7.16. The van der Waals surface area contributed by atoms with Gasteiger partial charge in [0.05, 0.1) is 24.6 Å². The molecule has 0 aromatic heterocycles. The smallest absolute Gasteiger partial charge is 0.0526 e. The van der Waals surface area contributed by atoms with E-state index in [2.05, 4.69) is 27.7 Å². The summed E-state index contributed by atoms with van der Waals surface area (Å²) in [6, 6.07) is 0. The first-order valence-electron chi connectivity index (χ1n) is 8.83. The Balaban J connectivity index is -0.0000000225. The zero-order valence-electron chi connectivity index (χ0n) is 17.1. The van der Waals surface area contributed by atoms with Crippen molar-refractivity contribution in [1.29, 1.82) is 0 Å². The lowest BCUT2D eigenvalue weighted by molar-refractivity contribution is 0.823. The lowest BCUT2D eigenvalue weighted by Crippen LogP contribution is -1.64. The first-order valence-corrected chi connectivity index (χ1v) is 12.8. The van der Waals surface area contributed by atoms with Crippen LogP contribution >= 0.6 is 37.0 Å². The van der Waals surface area contributed by atoms with Crippen LogP contribution in [0.25, 0.3) is 0 Å². The highest BCUT2D eigenvalue weighted by Crippen LogP contribution is 1.91. The Labute approximate surface area is 162 Å². The number of unbranched alkanes of at least 4 members (excludes halogenated alkanes) is 4. The molecular weight excluding hydrogens is 380 g/mol. The van der Waals surface area contributed by atoms with Crippen LogP contribution in [0.4, 0.5) is 0 Å². The lowest BCUT2D eigenvalue weighted by Gasteiger charge is -1.75. The molecule has 4 nitrogen and oxygen atoms in total. The Kier molecular flexibility index (Phi) is 154. The van der Waals surface area contributed by atoms with Crippen molar-refractivity contribution in [1.82, 2.24) is 0 Å².